The van der Waals surface area contributed by atoms with Gasteiger partial charge in [-0.25, -0.2) is 19.9 Å². The Morgan fingerprint density at radius 3 is 1.75 bits per heavy atom. The molecule has 0 amide bonds. The van der Waals surface area contributed by atoms with Gasteiger partial charge in [0.15, 0.2) is 23.1 Å². The molecule has 11 aromatic rings. The predicted octanol–water partition coefficient (Wildman–Crippen LogP) is 12.1. The van der Waals surface area contributed by atoms with Gasteiger partial charge in [0.25, 0.3) is 0 Å². The third-order valence-corrected chi connectivity index (χ3v) is 9.79. The van der Waals surface area contributed by atoms with Crippen molar-refractivity contribution < 1.29 is 13.3 Å². The van der Waals surface area contributed by atoms with Crippen molar-refractivity contribution in [3.63, 3.8) is 0 Å². The number of aromatic nitrogens is 4. The molecule has 0 saturated carbocycles. The van der Waals surface area contributed by atoms with E-state index in [1.165, 1.54) is 0 Å². The van der Waals surface area contributed by atoms with E-state index in [-0.39, 0.29) is 0 Å². The summed E-state index contributed by atoms with van der Waals surface area (Å²) in [5.41, 5.74) is 10.1. The van der Waals surface area contributed by atoms with Crippen LogP contribution in [-0.2, 0) is 0 Å². The maximum atomic E-state index is 6.44. The summed E-state index contributed by atoms with van der Waals surface area (Å²) in [5, 5.41) is 3.89. The molecule has 7 aromatic carbocycles. The molecule has 0 unspecified atom stereocenters. The molecule has 7 heteroatoms. The number of hydrogen-bond donors (Lipinski definition) is 0. The maximum Gasteiger partial charge on any atom is 0.227 e. The highest BCUT2D eigenvalue weighted by molar-refractivity contribution is 6.14. The van der Waals surface area contributed by atoms with Crippen molar-refractivity contribution in [1.82, 2.24) is 19.9 Å². The van der Waals surface area contributed by atoms with E-state index in [4.69, 9.17) is 33.2 Å². The fraction of sp³-hybridized carbons (Fsp3) is 0. The highest BCUT2D eigenvalue weighted by Gasteiger charge is 2.20. The van der Waals surface area contributed by atoms with Gasteiger partial charge in [-0.3, -0.25) is 0 Å². The Kier molecular flexibility index (Phi) is 6.42. The lowest BCUT2D eigenvalue weighted by Crippen LogP contribution is -2.00. The van der Waals surface area contributed by atoms with Gasteiger partial charge in [-0.2, -0.15) is 0 Å². The number of fused-ring (bicyclic) bond motifs is 7. The Labute approximate surface area is 301 Å². The SMILES string of the molecule is c1ccc(-c2ccc(-c3nc4cc5oc6cccc(-c7nc(-c8ccccc8)nc(-c8ccc9c(c8)oc8ccccc89)n7)c6c5cc4o3)cc2)cc1. The van der Waals surface area contributed by atoms with Crippen molar-refractivity contribution in [3.8, 4) is 56.7 Å². The molecule has 0 saturated heterocycles. The molecule has 4 aromatic heterocycles. The number of furan rings is 2. The molecule has 11 rings (SSSR count). The molecule has 0 spiro atoms. The van der Waals surface area contributed by atoms with E-state index in [9.17, 15) is 0 Å². The van der Waals surface area contributed by atoms with E-state index >= 15 is 0 Å². The molecule has 0 radical (unpaired) electrons. The third-order valence-electron chi connectivity index (χ3n) is 9.79. The number of rotatable bonds is 5. The van der Waals surface area contributed by atoms with Crippen molar-refractivity contribution in [2.45, 2.75) is 0 Å². The first-order chi connectivity index (χ1) is 26.2. The average Bonchev–Trinajstić information content (AvgIpc) is 3.93. The van der Waals surface area contributed by atoms with E-state index in [2.05, 4.69) is 36.4 Å². The van der Waals surface area contributed by atoms with Crippen molar-refractivity contribution in [2.24, 2.45) is 0 Å². The number of hydrogen-bond acceptors (Lipinski definition) is 7. The van der Waals surface area contributed by atoms with Crippen LogP contribution < -0.4 is 0 Å². The molecule has 4 heterocycles. The second-order valence-corrected chi connectivity index (χ2v) is 13.0. The van der Waals surface area contributed by atoms with Gasteiger partial charge in [0.05, 0.1) is 0 Å². The number of benzene rings is 7. The minimum absolute atomic E-state index is 0.531. The van der Waals surface area contributed by atoms with Gasteiger partial charge in [0, 0.05) is 49.9 Å². The van der Waals surface area contributed by atoms with Crippen LogP contribution in [0.2, 0.25) is 0 Å². The van der Waals surface area contributed by atoms with Gasteiger partial charge in [0.1, 0.15) is 27.8 Å². The monoisotopic (exact) mass is 682 g/mol. The lowest BCUT2D eigenvalue weighted by molar-refractivity contribution is 0.620. The first-order valence-corrected chi connectivity index (χ1v) is 17.4. The molecule has 0 aliphatic rings. The normalized spacial score (nSPS) is 11.8. The molecule has 0 aliphatic heterocycles. The van der Waals surface area contributed by atoms with Crippen LogP contribution in [-0.4, -0.2) is 19.9 Å². The number of nitrogens with zero attached hydrogens (tertiary/aromatic N) is 4. The summed E-state index contributed by atoms with van der Waals surface area (Å²) in [6.45, 7) is 0. The Balaban J connectivity index is 1.05. The Bertz CT molecular complexity index is 3160. The summed E-state index contributed by atoms with van der Waals surface area (Å²) in [4.78, 5) is 20.0. The van der Waals surface area contributed by atoms with Crippen molar-refractivity contribution in [1.29, 1.82) is 0 Å². The Hall–Kier alpha value is -7.38. The summed E-state index contributed by atoms with van der Waals surface area (Å²) in [6.07, 6.45) is 0. The standard InChI is InChI=1S/C46H26N4O3/c1-3-10-27(11-4-1)28-18-20-30(21-19-28)46-47-36-26-40-35(25-41(36)53-46)42-34(15-9-17-38(42)52-40)45-49-43(29-12-5-2-6-13-29)48-44(50-45)31-22-23-33-32-14-7-8-16-37(32)51-39(33)24-31/h1-26H. The molecule has 0 bridgehead atoms. The van der Waals surface area contributed by atoms with Crippen LogP contribution in [0.3, 0.4) is 0 Å². The summed E-state index contributed by atoms with van der Waals surface area (Å²) >= 11 is 0. The van der Waals surface area contributed by atoms with E-state index in [0.29, 0.717) is 40.1 Å². The molecule has 0 fully saturated rings. The molecule has 7 nitrogen and oxygen atoms in total. The van der Waals surface area contributed by atoms with Crippen LogP contribution in [0.4, 0.5) is 0 Å². The predicted molar refractivity (Wildman–Crippen MR) is 209 cm³/mol. The molecular formula is C46H26N4O3. The van der Waals surface area contributed by atoms with Crippen LogP contribution in [0.1, 0.15) is 0 Å². The van der Waals surface area contributed by atoms with E-state index < -0.39 is 0 Å². The zero-order valence-corrected chi connectivity index (χ0v) is 28.0. The molecule has 0 N–H and O–H groups in total. The van der Waals surface area contributed by atoms with Gasteiger partial charge in [0.2, 0.25) is 5.89 Å². The molecule has 53 heavy (non-hydrogen) atoms. The Morgan fingerprint density at radius 2 is 0.925 bits per heavy atom. The molecular weight excluding hydrogens is 657 g/mol. The van der Waals surface area contributed by atoms with E-state index in [1.807, 2.05) is 121 Å². The third kappa shape index (κ3) is 4.90. The smallest absolute Gasteiger partial charge is 0.227 e. The van der Waals surface area contributed by atoms with Gasteiger partial charge < -0.3 is 13.3 Å². The Morgan fingerprint density at radius 1 is 0.321 bits per heavy atom. The summed E-state index contributed by atoms with van der Waals surface area (Å²) in [6, 6.07) is 52.6. The van der Waals surface area contributed by atoms with Crippen LogP contribution >= 0.6 is 0 Å². The average molecular weight is 683 g/mol. The largest absolute Gasteiger partial charge is 0.456 e. The van der Waals surface area contributed by atoms with Crippen LogP contribution in [0.5, 0.6) is 0 Å². The summed E-state index contributed by atoms with van der Waals surface area (Å²) < 4.78 is 19.1. The van der Waals surface area contributed by atoms with E-state index in [0.717, 1.165) is 71.6 Å². The zero-order valence-electron chi connectivity index (χ0n) is 28.0. The molecule has 0 atom stereocenters. The van der Waals surface area contributed by atoms with Crippen LogP contribution in [0.15, 0.2) is 171 Å². The minimum atomic E-state index is 0.531. The molecule has 0 aliphatic carbocycles. The zero-order chi connectivity index (χ0) is 34.9. The first-order valence-electron chi connectivity index (χ1n) is 17.4. The van der Waals surface area contributed by atoms with Crippen LogP contribution in [0, 0.1) is 0 Å². The molecule has 248 valence electrons. The fourth-order valence-electron chi connectivity index (χ4n) is 7.20. The number of para-hydroxylation sites is 1. The van der Waals surface area contributed by atoms with Crippen molar-refractivity contribution in [3.05, 3.63) is 158 Å². The highest BCUT2D eigenvalue weighted by atomic mass is 16.4. The topological polar surface area (TPSA) is 91.0 Å². The lowest BCUT2D eigenvalue weighted by atomic mass is 10.0. The second-order valence-electron chi connectivity index (χ2n) is 13.0. The minimum Gasteiger partial charge on any atom is -0.456 e. The van der Waals surface area contributed by atoms with Gasteiger partial charge >= 0.3 is 0 Å². The summed E-state index contributed by atoms with van der Waals surface area (Å²) in [5.74, 6) is 2.19. The second kappa shape index (κ2) is 11.6. The van der Waals surface area contributed by atoms with E-state index in [1.54, 1.807) is 0 Å². The highest BCUT2D eigenvalue weighted by Crippen LogP contribution is 2.40. The van der Waals surface area contributed by atoms with Gasteiger partial charge in [-0.05, 0) is 53.6 Å². The van der Waals surface area contributed by atoms with Crippen molar-refractivity contribution >= 4 is 55.0 Å². The van der Waals surface area contributed by atoms with Crippen molar-refractivity contribution in [2.75, 3.05) is 0 Å². The van der Waals surface area contributed by atoms with Crippen LogP contribution in [0.25, 0.3) is 112 Å². The lowest BCUT2D eigenvalue weighted by Gasteiger charge is -2.09. The quantitative estimate of drug-likeness (QED) is 0.178. The van der Waals surface area contributed by atoms with Gasteiger partial charge in [-0.15, -0.1) is 0 Å². The summed E-state index contributed by atoms with van der Waals surface area (Å²) in [7, 11) is 0. The number of oxazole rings is 1. The maximum absolute atomic E-state index is 6.44. The van der Waals surface area contributed by atoms with Gasteiger partial charge in [-0.1, -0.05) is 109 Å². The fourth-order valence-corrected chi connectivity index (χ4v) is 7.20. The first kappa shape index (κ1) is 29.4.